The van der Waals surface area contributed by atoms with Crippen molar-refractivity contribution in [2.45, 2.75) is 69.0 Å². The molecule has 1 fully saturated rings. The van der Waals surface area contributed by atoms with Crippen LogP contribution in [0.15, 0.2) is 114 Å². The number of nitrogens with one attached hydrogen (secondary N) is 1. The largest absolute Gasteiger partial charge is 0.497 e. The van der Waals surface area contributed by atoms with Crippen molar-refractivity contribution in [3.63, 3.8) is 0 Å². The maximum atomic E-state index is 14.6. The molecule has 1 N–H and O–H groups in total. The number of carbonyl (C=O) groups excluding carboxylic acids is 2. The molecule has 0 saturated heterocycles. The molecular formula is C38H43N3O5S. The van der Waals surface area contributed by atoms with E-state index in [0.717, 1.165) is 53.1 Å². The molecule has 0 spiro atoms. The van der Waals surface area contributed by atoms with Crippen LogP contribution in [0.4, 0.5) is 5.69 Å². The smallest absolute Gasteiger partial charge is 0.264 e. The number of carbonyl (C=O) groups is 2. The van der Waals surface area contributed by atoms with Crippen LogP contribution in [-0.2, 0) is 32.6 Å². The van der Waals surface area contributed by atoms with Gasteiger partial charge in [-0.05, 0) is 67.3 Å². The summed E-state index contributed by atoms with van der Waals surface area (Å²) in [4.78, 5) is 30.5. The first-order valence-corrected chi connectivity index (χ1v) is 17.6. The van der Waals surface area contributed by atoms with Crippen molar-refractivity contribution in [2.75, 3.05) is 18.0 Å². The van der Waals surface area contributed by atoms with Gasteiger partial charge in [-0.3, -0.25) is 13.9 Å². The summed E-state index contributed by atoms with van der Waals surface area (Å²) in [5.74, 6) is -0.163. The van der Waals surface area contributed by atoms with Crippen LogP contribution in [0, 0.1) is 6.92 Å². The predicted molar refractivity (Wildman–Crippen MR) is 185 cm³/mol. The van der Waals surface area contributed by atoms with Crippen LogP contribution < -0.4 is 14.4 Å². The number of nitrogens with zero attached hydrogens (tertiary/aromatic N) is 2. The zero-order valence-electron chi connectivity index (χ0n) is 27.0. The molecule has 5 rings (SSSR count). The standard InChI is InChI=1S/C38H43N3O5S/c1-29-18-20-31(21-19-29)27-40(36(26-30-12-6-3-7-13-30)38(43)39-32-14-8-4-9-15-32)37(42)28-41(33-22-24-34(46-2)25-23-33)47(44,45)35-16-10-5-11-17-35/h3,5-7,10-13,16-25,32,36H,4,8-9,14-15,26-28H2,1-2H3,(H,39,43)/t36-/m1/s1. The SMILES string of the molecule is COc1ccc(N(CC(=O)N(Cc2ccc(C)cc2)[C@H](Cc2ccccc2)C(=O)NC2CCCCC2)S(=O)(=O)c2ccccc2)cc1. The third-order valence-electron chi connectivity index (χ3n) is 8.67. The number of amides is 2. The molecule has 1 aliphatic carbocycles. The number of benzene rings is 4. The second-order valence-electron chi connectivity index (χ2n) is 12.1. The summed E-state index contributed by atoms with van der Waals surface area (Å²) in [5.41, 5.74) is 3.13. The van der Waals surface area contributed by atoms with Crippen LogP contribution >= 0.6 is 0 Å². The van der Waals surface area contributed by atoms with Crippen LogP contribution in [0.25, 0.3) is 0 Å². The molecule has 0 aliphatic heterocycles. The highest BCUT2D eigenvalue weighted by Gasteiger charge is 2.35. The fraction of sp³-hybridized carbons (Fsp3) is 0.316. The van der Waals surface area contributed by atoms with E-state index in [0.29, 0.717) is 11.4 Å². The quantitative estimate of drug-likeness (QED) is 0.183. The highest BCUT2D eigenvalue weighted by atomic mass is 32.2. The molecule has 4 aromatic carbocycles. The maximum Gasteiger partial charge on any atom is 0.264 e. The summed E-state index contributed by atoms with van der Waals surface area (Å²) in [5, 5.41) is 3.24. The van der Waals surface area contributed by atoms with E-state index in [4.69, 9.17) is 4.74 Å². The molecule has 1 atom stereocenters. The Labute approximate surface area is 278 Å². The van der Waals surface area contributed by atoms with Gasteiger partial charge in [-0.25, -0.2) is 8.42 Å². The van der Waals surface area contributed by atoms with Gasteiger partial charge in [0.25, 0.3) is 10.0 Å². The fourth-order valence-corrected chi connectivity index (χ4v) is 7.42. The number of anilines is 1. The molecule has 0 radical (unpaired) electrons. The number of hydrogen-bond donors (Lipinski definition) is 1. The van der Waals surface area contributed by atoms with Gasteiger partial charge < -0.3 is 15.0 Å². The summed E-state index contributed by atoms with van der Waals surface area (Å²) < 4.78 is 34.7. The lowest BCUT2D eigenvalue weighted by molar-refractivity contribution is -0.140. The molecule has 4 aromatic rings. The number of rotatable bonds is 13. The van der Waals surface area contributed by atoms with Crippen LogP contribution in [0.3, 0.4) is 0 Å². The Morgan fingerprint density at radius 1 is 0.809 bits per heavy atom. The molecule has 0 heterocycles. The summed E-state index contributed by atoms with van der Waals surface area (Å²) in [7, 11) is -2.63. The Bertz CT molecular complexity index is 1710. The molecule has 0 bridgehead atoms. The Morgan fingerprint density at radius 2 is 1.43 bits per heavy atom. The monoisotopic (exact) mass is 653 g/mol. The van der Waals surface area contributed by atoms with E-state index in [1.165, 1.54) is 19.2 Å². The molecule has 246 valence electrons. The van der Waals surface area contributed by atoms with Crippen molar-refractivity contribution >= 4 is 27.5 Å². The molecule has 9 heteroatoms. The van der Waals surface area contributed by atoms with Crippen LogP contribution in [0.1, 0.15) is 48.8 Å². The van der Waals surface area contributed by atoms with Gasteiger partial charge in [-0.15, -0.1) is 0 Å². The highest BCUT2D eigenvalue weighted by molar-refractivity contribution is 7.92. The predicted octanol–water partition coefficient (Wildman–Crippen LogP) is 6.29. The number of ether oxygens (including phenoxy) is 1. The highest BCUT2D eigenvalue weighted by Crippen LogP contribution is 2.27. The Morgan fingerprint density at radius 3 is 2.04 bits per heavy atom. The van der Waals surface area contributed by atoms with E-state index in [-0.39, 0.29) is 29.8 Å². The zero-order chi connectivity index (χ0) is 33.2. The molecule has 1 saturated carbocycles. The first-order chi connectivity index (χ1) is 22.7. The number of hydrogen-bond acceptors (Lipinski definition) is 5. The Hall–Kier alpha value is -4.63. The lowest BCUT2D eigenvalue weighted by Crippen LogP contribution is -2.55. The summed E-state index contributed by atoms with van der Waals surface area (Å²) in [6.07, 6.45) is 5.33. The van der Waals surface area contributed by atoms with E-state index in [1.54, 1.807) is 47.4 Å². The second-order valence-corrected chi connectivity index (χ2v) is 13.9. The molecular weight excluding hydrogens is 611 g/mol. The van der Waals surface area contributed by atoms with E-state index in [1.807, 2.05) is 61.5 Å². The van der Waals surface area contributed by atoms with Crippen molar-refractivity contribution in [3.8, 4) is 5.75 Å². The summed E-state index contributed by atoms with van der Waals surface area (Å²) in [6, 6.07) is 31.2. The van der Waals surface area contributed by atoms with Gasteiger partial charge in [0.05, 0.1) is 17.7 Å². The molecule has 0 unspecified atom stereocenters. The van der Waals surface area contributed by atoms with E-state index in [2.05, 4.69) is 5.32 Å². The molecule has 47 heavy (non-hydrogen) atoms. The van der Waals surface area contributed by atoms with Gasteiger partial charge in [0, 0.05) is 19.0 Å². The zero-order valence-corrected chi connectivity index (χ0v) is 27.9. The number of methoxy groups -OCH3 is 1. The Balaban J connectivity index is 1.55. The van der Waals surface area contributed by atoms with Crippen molar-refractivity contribution < 1.29 is 22.7 Å². The van der Waals surface area contributed by atoms with Crippen molar-refractivity contribution in [2.24, 2.45) is 0 Å². The van der Waals surface area contributed by atoms with Crippen molar-refractivity contribution in [1.82, 2.24) is 10.2 Å². The van der Waals surface area contributed by atoms with Gasteiger partial charge >= 0.3 is 0 Å². The normalized spacial score (nSPS) is 14.2. The van der Waals surface area contributed by atoms with E-state index < -0.39 is 28.5 Å². The van der Waals surface area contributed by atoms with Gasteiger partial charge in [0.15, 0.2) is 0 Å². The molecule has 2 amide bonds. The average Bonchev–Trinajstić information content (AvgIpc) is 3.10. The van der Waals surface area contributed by atoms with Crippen molar-refractivity contribution in [1.29, 1.82) is 0 Å². The third kappa shape index (κ3) is 8.80. The first kappa shape index (κ1) is 33.7. The van der Waals surface area contributed by atoms with Crippen LogP contribution in [0.2, 0.25) is 0 Å². The lowest BCUT2D eigenvalue weighted by atomic mass is 9.94. The topological polar surface area (TPSA) is 96.0 Å². The van der Waals surface area contributed by atoms with E-state index in [9.17, 15) is 18.0 Å². The van der Waals surface area contributed by atoms with Crippen LogP contribution in [-0.4, -0.2) is 50.9 Å². The first-order valence-electron chi connectivity index (χ1n) is 16.2. The summed E-state index contributed by atoms with van der Waals surface area (Å²) in [6.45, 7) is 1.62. The minimum Gasteiger partial charge on any atom is -0.497 e. The van der Waals surface area contributed by atoms with Gasteiger partial charge in [-0.2, -0.15) is 0 Å². The fourth-order valence-electron chi connectivity index (χ4n) is 5.99. The molecule has 0 aromatic heterocycles. The van der Waals surface area contributed by atoms with E-state index >= 15 is 0 Å². The maximum absolute atomic E-state index is 14.6. The van der Waals surface area contributed by atoms with Gasteiger partial charge in [0.2, 0.25) is 11.8 Å². The minimum absolute atomic E-state index is 0.0418. The van der Waals surface area contributed by atoms with Crippen LogP contribution in [0.5, 0.6) is 5.75 Å². The number of sulfonamides is 1. The van der Waals surface area contributed by atoms with Gasteiger partial charge in [-0.1, -0.05) is 97.6 Å². The molecule has 8 nitrogen and oxygen atoms in total. The second kappa shape index (κ2) is 15.8. The lowest BCUT2D eigenvalue weighted by Gasteiger charge is -2.35. The Kier molecular flexibility index (Phi) is 11.3. The minimum atomic E-state index is -4.16. The molecule has 1 aliphatic rings. The van der Waals surface area contributed by atoms with Gasteiger partial charge in [0.1, 0.15) is 18.3 Å². The summed E-state index contributed by atoms with van der Waals surface area (Å²) >= 11 is 0. The third-order valence-corrected chi connectivity index (χ3v) is 10.5. The van der Waals surface area contributed by atoms with Crippen molar-refractivity contribution in [3.05, 3.63) is 126 Å². The number of aryl methyl sites for hydroxylation is 1. The average molecular weight is 654 g/mol.